The van der Waals surface area contributed by atoms with E-state index >= 15 is 0 Å². The molecule has 2 atom stereocenters. The number of carbonyl (C=O) groups is 1. The molecule has 2 fully saturated rings. The second kappa shape index (κ2) is 5.16. The molecule has 1 aliphatic heterocycles. The molecule has 0 bridgehead atoms. The summed E-state index contributed by atoms with van der Waals surface area (Å²) in [7, 11) is 0. The first-order valence-corrected chi connectivity index (χ1v) is 7.41. The summed E-state index contributed by atoms with van der Waals surface area (Å²) >= 11 is 4.06. The summed E-state index contributed by atoms with van der Waals surface area (Å²) in [6.45, 7) is 0.833. The molecule has 0 N–H and O–H groups in total. The van der Waals surface area contributed by atoms with Crippen LogP contribution in [0.1, 0.15) is 42.5 Å². The van der Waals surface area contributed by atoms with Gasteiger partial charge in [-0.2, -0.15) is 0 Å². The molecule has 1 saturated heterocycles. The van der Waals surface area contributed by atoms with Crippen LogP contribution in [0.25, 0.3) is 0 Å². The number of amides is 1. The Morgan fingerprint density at radius 1 is 1.26 bits per heavy atom. The van der Waals surface area contributed by atoms with Crippen LogP contribution in [-0.4, -0.2) is 23.4 Å². The van der Waals surface area contributed by atoms with Gasteiger partial charge in [0.25, 0.3) is 5.91 Å². The first-order chi connectivity index (χ1) is 9.16. The molecule has 0 radical (unpaired) electrons. The molecule has 1 amide bonds. The van der Waals surface area contributed by atoms with Crippen LogP contribution < -0.4 is 0 Å². The van der Waals surface area contributed by atoms with E-state index in [-0.39, 0.29) is 16.6 Å². The topological polar surface area (TPSA) is 20.3 Å². The van der Waals surface area contributed by atoms with Crippen molar-refractivity contribution in [3.05, 3.63) is 29.6 Å². The number of nitrogens with zero attached hydrogens (tertiary/aromatic N) is 1. The van der Waals surface area contributed by atoms with Gasteiger partial charge >= 0.3 is 0 Å². The maximum Gasteiger partial charge on any atom is 0.254 e. The van der Waals surface area contributed by atoms with Gasteiger partial charge in [-0.25, -0.2) is 4.39 Å². The lowest BCUT2D eigenvalue weighted by Gasteiger charge is -2.37. The Bertz CT molecular complexity index is 505. The van der Waals surface area contributed by atoms with Gasteiger partial charge in [0.2, 0.25) is 0 Å². The highest BCUT2D eigenvalue weighted by molar-refractivity contribution is 7.80. The summed E-state index contributed by atoms with van der Waals surface area (Å²) in [4.78, 5) is 14.8. The third-order valence-corrected chi connectivity index (χ3v) is 4.79. The number of carbonyl (C=O) groups excluding carboxylic acids is 1. The van der Waals surface area contributed by atoms with Gasteiger partial charge in [0, 0.05) is 23.0 Å². The molecular formula is C15H18FNOS. The zero-order valence-corrected chi connectivity index (χ0v) is 11.7. The van der Waals surface area contributed by atoms with Crippen LogP contribution in [0.3, 0.4) is 0 Å². The van der Waals surface area contributed by atoms with Crippen molar-refractivity contribution in [2.24, 2.45) is 5.92 Å². The van der Waals surface area contributed by atoms with Gasteiger partial charge in [-0.3, -0.25) is 4.79 Å². The number of piperidine rings is 1. The van der Waals surface area contributed by atoms with E-state index in [4.69, 9.17) is 0 Å². The second-order valence-electron chi connectivity index (χ2n) is 5.57. The van der Waals surface area contributed by atoms with E-state index < -0.39 is 0 Å². The molecule has 19 heavy (non-hydrogen) atoms. The van der Waals surface area contributed by atoms with E-state index in [0.29, 0.717) is 17.5 Å². The second-order valence-corrected chi connectivity index (χ2v) is 6.05. The van der Waals surface area contributed by atoms with Crippen molar-refractivity contribution in [2.75, 3.05) is 6.54 Å². The van der Waals surface area contributed by atoms with Crippen molar-refractivity contribution in [3.63, 3.8) is 0 Å². The monoisotopic (exact) mass is 279 g/mol. The Kier molecular flexibility index (Phi) is 3.52. The van der Waals surface area contributed by atoms with Gasteiger partial charge in [0.1, 0.15) is 5.82 Å². The van der Waals surface area contributed by atoms with Gasteiger partial charge in [-0.1, -0.05) is 6.42 Å². The number of halogens is 1. The molecule has 2 aliphatic rings. The van der Waals surface area contributed by atoms with E-state index in [1.807, 2.05) is 4.90 Å². The van der Waals surface area contributed by atoms with E-state index in [2.05, 4.69) is 12.6 Å². The van der Waals surface area contributed by atoms with Gasteiger partial charge < -0.3 is 4.90 Å². The number of fused-ring (bicyclic) bond motifs is 1. The Labute approximate surface area is 118 Å². The summed E-state index contributed by atoms with van der Waals surface area (Å²) in [6, 6.07) is 4.83. The Balaban J connectivity index is 1.84. The number of hydrogen-bond acceptors (Lipinski definition) is 2. The Morgan fingerprint density at radius 3 is 2.84 bits per heavy atom. The normalized spacial score (nSPS) is 26.3. The van der Waals surface area contributed by atoms with Gasteiger partial charge in [0.05, 0.1) is 0 Å². The lowest BCUT2D eigenvalue weighted by Crippen LogP contribution is -2.46. The molecule has 2 unspecified atom stereocenters. The molecule has 1 heterocycles. The zero-order valence-electron chi connectivity index (χ0n) is 10.8. The zero-order chi connectivity index (χ0) is 13.4. The molecule has 2 nitrogen and oxygen atoms in total. The average molecular weight is 279 g/mol. The fourth-order valence-electron chi connectivity index (χ4n) is 3.52. The Morgan fingerprint density at radius 2 is 2.05 bits per heavy atom. The summed E-state index contributed by atoms with van der Waals surface area (Å²) in [5, 5.41) is 0. The maximum absolute atomic E-state index is 13.2. The SMILES string of the molecule is O=C(c1ccc(F)c(S)c1)N1CCCC2CCCC21. The molecule has 1 aromatic carbocycles. The number of hydrogen-bond donors (Lipinski definition) is 1. The summed E-state index contributed by atoms with van der Waals surface area (Å²) in [5.74, 6) is 0.331. The summed E-state index contributed by atoms with van der Waals surface area (Å²) < 4.78 is 13.2. The molecule has 1 saturated carbocycles. The average Bonchev–Trinajstić information content (AvgIpc) is 2.89. The van der Waals surface area contributed by atoms with Crippen LogP contribution in [0.2, 0.25) is 0 Å². The molecule has 0 spiro atoms. The van der Waals surface area contributed by atoms with Crippen molar-refractivity contribution >= 4 is 18.5 Å². The van der Waals surface area contributed by atoms with E-state index in [1.54, 1.807) is 12.1 Å². The van der Waals surface area contributed by atoms with E-state index in [0.717, 1.165) is 19.4 Å². The molecular weight excluding hydrogens is 261 g/mol. The van der Waals surface area contributed by atoms with Crippen LogP contribution >= 0.6 is 12.6 Å². The van der Waals surface area contributed by atoms with Crippen molar-refractivity contribution in [1.29, 1.82) is 0 Å². The standard InChI is InChI=1S/C15H18FNOS/c16-12-7-6-11(9-14(12)19)15(18)17-8-2-4-10-3-1-5-13(10)17/h6-7,9-10,13,19H,1-5,8H2. The van der Waals surface area contributed by atoms with Gasteiger partial charge in [-0.15, -0.1) is 12.6 Å². The quantitative estimate of drug-likeness (QED) is 0.780. The van der Waals surface area contributed by atoms with E-state index in [9.17, 15) is 9.18 Å². The maximum atomic E-state index is 13.2. The first kappa shape index (κ1) is 13.0. The lowest BCUT2D eigenvalue weighted by atomic mass is 9.91. The number of thiol groups is 1. The molecule has 4 heteroatoms. The molecule has 102 valence electrons. The first-order valence-electron chi connectivity index (χ1n) is 6.96. The fraction of sp³-hybridized carbons (Fsp3) is 0.533. The van der Waals surface area contributed by atoms with Crippen molar-refractivity contribution in [2.45, 2.75) is 43.0 Å². The molecule has 0 aromatic heterocycles. The number of likely N-dealkylation sites (tertiary alicyclic amines) is 1. The van der Waals surface area contributed by atoms with Crippen LogP contribution in [0, 0.1) is 11.7 Å². The minimum Gasteiger partial charge on any atom is -0.335 e. The van der Waals surface area contributed by atoms with Gasteiger partial charge in [-0.05, 0) is 49.8 Å². The Hall–Kier alpha value is -1.03. The molecule has 3 rings (SSSR count). The highest BCUT2D eigenvalue weighted by Gasteiger charge is 2.37. The smallest absolute Gasteiger partial charge is 0.254 e. The van der Waals surface area contributed by atoms with Gasteiger partial charge in [0.15, 0.2) is 0 Å². The van der Waals surface area contributed by atoms with E-state index in [1.165, 1.54) is 25.3 Å². The highest BCUT2D eigenvalue weighted by atomic mass is 32.1. The largest absolute Gasteiger partial charge is 0.335 e. The third kappa shape index (κ3) is 2.38. The fourth-order valence-corrected chi connectivity index (χ4v) is 3.73. The third-order valence-electron chi connectivity index (χ3n) is 4.45. The van der Waals surface area contributed by atoms with Crippen LogP contribution in [-0.2, 0) is 0 Å². The highest BCUT2D eigenvalue weighted by Crippen LogP contribution is 2.37. The number of benzene rings is 1. The minimum atomic E-state index is -0.378. The lowest BCUT2D eigenvalue weighted by molar-refractivity contribution is 0.0548. The van der Waals surface area contributed by atoms with Crippen LogP contribution in [0.4, 0.5) is 4.39 Å². The molecule has 1 aromatic rings. The van der Waals surface area contributed by atoms with Crippen molar-refractivity contribution in [1.82, 2.24) is 4.90 Å². The number of rotatable bonds is 1. The van der Waals surface area contributed by atoms with Crippen LogP contribution in [0.5, 0.6) is 0 Å². The molecule has 1 aliphatic carbocycles. The van der Waals surface area contributed by atoms with Crippen molar-refractivity contribution in [3.8, 4) is 0 Å². The van der Waals surface area contributed by atoms with Crippen molar-refractivity contribution < 1.29 is 9.18 Å². The predicted molar refractivity (Wildman–Crippen MR) is 75.1 cm³/mol. The minimum absolute atomic E-state index is 0.0342. The predicted octanol–water partition coefficient (Wildman–Crippen LogP) is 3.52. The summed E-state index contributed by atoms with van der Waals surface area (Å²) in [6.07, 6.45) is 5.92. The van der Waals surface area contributed by atoms with Crippen LogP contribution in [0.15, 0.2) is 23.1 Å². The summed E-state index contributed by atoms with van der Waals surface area (Å²) in [5.41, 5.74) is 0.555.